The molecule has 3 aromatic rings. The molecule has 0 saturated carbocycles. The quantitative estimate of drug-likeness (QED) is 0.547. The van der Waals surface area contributed by atoms with E-state index < -0.39 is 0 Å². The minimum Gasteiger partial charge on any atom is -0.341 e. The van der Waals surface area contributed by atoms with Gasteiger partial charge >= 0.3 is 0 Å². The maximum atomic E-state index is 13.2. The van der Waals surface area contributed by atoms with Gasteiger partial charge in [0.25, 0.3) is 0 Å². The van der Waals surface area contributed by atoms with E-state index >= 15 is 0 Å². The van der Waals surface area contributed by atoms with Crippen molar-refractivity contribution in [1.82, 2.24) is 24.6 Å². The van der Waals surface area contributed by atoms with Gasteiger partial charge in [-0.15, -0.1) is 10.2 Å². The van der Waals surface area contributed by atoms with Crippen LogP contribution >= 0.6 is 11.8 Å². The highest BCUT2D eigenvalue weighted by molar-refractivity contribution is 8.00. The first kappa shape index (κ1) is 21.6. The van der Waals surface area contributed by atoms with Gasteiger partial charge in [0.05, 0.1) is 10.9 Å². The molecule has 0 bridgehead atoms. The molecule has 0 aliphatic carbocycles. The summed E-state index contributed by atoms with van der Waals surface area (Å²) in [5.74, 6) is 1.98. The summed E-state index contributed by atoms with van der Waals surface area (Å²) < 4.78 is 2.04. The normalized spacial score (nSPS) is 19.9. The third-order valence-corrected chi connectivity index (χ3v) is 6.75. The van der Waals surface area contributed by atoms with Crippen LogP contribution in [0, 0.1) is 18.8 Å². The average Bonchev–Trinajstić information content (AvgIpc) is 3.16. The summed E-state index contributed by atoms with van der Waals surface area (Å²) >= 11 is 1.47. The van der Waals surface area contributed by atoms with Crippen LogP contribution < -0.4 is 0 Å². The van der Waals surface area contributed by atoms with Crippen LogP contribution in [0.5, 0.6) is 0 Å². The van der Waals surface area contributed by atoms with Crippen molar-refractivity contribution in [2.75, 3.05) is 13.1 Å². The molecule has 0 radical (unpaired) electrons. The van der Waals surface area contributed by atoms with E-state index in [1.54, 1.807) is 12.4 Å². The first-order chi connectivity index (χ1) is 14.9. The highest BCUT2D eigenvalue weighted by atomic mass is 32.2. The lowest BCUT2D eigenvalue weighted by Gasteiger charge is -2.36. The Hall–Kier alpha value is -2.67. The second-order valence-electron chi connectivity index (χ2n) is 8.62. The maximum absolute atomic E-state index is 13.2. The number of nitrogens with zero attached hydrogens (tertiary/aromatic N) is 5. The first-order valence-corrected chi connectivity index (χ1v) is 11.7. The van der Waals surface area contributed by atoms with Crippen molar-refractivity contribution in [1.29, 1.82) is 0 Å². The summed E-state index contributed by atoms with van der Waals surface area (Å²) in [6.45, 7) is 10.2. The minimum absolute atomic E-state index is 0.172. The number of pyridine rings is 1. The van der Waals surface area contributed by atoms with E-state index in [1.807, 2.05) is 40.7 Å². The molecule has 162 valence electrons. The van der Waals surface area contributed by atoms with Crippen molar-refractivity contribution in [3.8, 4) is 17.1 Å². The van der Waals surface area contributed by atoms with Gasteiger partial charge < -0.3 is 4.90 Å². The Morgan fingerprint density at radius 2 is 1.84 bits per heavy atom. The summed E-state index contributed by atoms with van der Waals surface area (Å²) in [6, 6.07) is 12.0. The second kappa shape index (κ2) is 9.22. The zero-order valence-corrected chi connectivity index (χ0v) is 19.3. The number of carbonyl (C=O) groups is 1. The molecule has 1 fully saturated rings. The fourth-order valence-electron chi connectivity index (χ4n) is 4.37. The van der Waals surface area contributed by atoms with E-state index in [0.29, 0.717) is 17.0 Å². The zero-order chi connectivity index (χ0) is 22.0. The number of benzene rings is 1. The lowest BCUT2D eigenvalue weighted by Crippen LogP contribution is -2.45. The molecule has 1 amide bonds. The molecular formula is C24H29N5OS. The molecule has 6 nitrogen and oxygen atoms in total. The molecule has 31 heavy (non-hydrogen) atoms. The number of hydrogen-bond donors (Lipinski definition) is 0. The molecule has 3 atom stereocenters. The molecule has 0 unspecified atom stereocenters. The molecule has 1 saturated heterocycles. The van der Waals surface area contributed by atoms with Gasteiger partial charge in [-0.1, -0.05) is 43.8 Å². The Labute approximate surface area is 188 Å². The monoisotopic (exact) mass is 435 g/mol. The van der Waals surface area contributed by atoms with Crippen molar-refractivity contribution in [2.24, 2.45) is 11.8 Å². The topological polar surface area (TPSA) is 63.9 Å². The number of piperidine rings is 1. The first-order valence-electron chi connectivity index (χ1n) is 10.8. The van der Waals surface area contributed by atoms with Gasteiger partial charge in [0.15, 0.2) is 11.0 Å². The number of hydrogen-bond acceptors (Lipinski definition) is 5. The number of amides is 1. The van der Waals surface area contributed by atoms with Crippen molar-refractivity contribution in [3.63, 3.8) is 0 Å². The van der Waals surface area contributed by atoms with Crippen LogP contribution in [0.1, 0.15) is 32.8 Å². The predicted molar refractivity (Wildman–Crippen MR) is 124 cm³/mol. The van der Waals surface area contributed by atoms with Crippen LogP contribution in [0.15, 0.2) is 53.9 Å². The van der Waals surface area contributed by atoms with Gasteiger partial charge in [0.1, 0.15) is 0 Å². The summed E-state index contributed by atoms with van der Waals surface area (Å²) in [6.07, 6.45) is 4.72. The SMILES string of the molecule is Cc1ccccc1-n1c(S[C@H](C)C(=O)N2C[C@@H](C)C[C@H](C)C2)nnc1-c1cccnc1. The molecule has 1 aromatic carbocycles. The van der Waals surface area contributed by atoms with Crippen molar-refractivity contribution in [2.45, 2.75) is 44.5 Å². The van der Waals surface area contributed by atoms with Gasteiger partial charge in [-0.25, -0.2) is 0 Å². The Morgan fingerprint density at radius 1 is 1.10 bits per heavy atom. The molecule has 7 heteroatoms. The number of aryl methyl sites for hydroxylation is 1. The third kappa shape index (κ3) is 4.66. The van der Waals surface area contributed by atoms with Gasteiger partial charge in [0.2, 0.25) is 5.91 Å². The molecule has 2 aromatic heterocycles. The lowest BCUT2D eigenvalue weighted by molar-refractivity contribution is -0.132. The Balaban J connectivity index is 1.66. The van der Waals surface area contributed by atoms with E-state index in [1.165, 1.54) is 18.2 Å². The maximum Gasteiger partial charge on any atom is 0.235 e. The molecule has 3 heterocycles. The molecular weight excluding hydrogens is 406 g/mol. The van der Waals surface area contributed by atoms with E-state index in [9.17, 15) is 4.79 Å². The largest absolute Gasteiger partial charge is 0.341 e. The smallest absolute Gasteiger partial charge is 0.235 e. The van der Waals surface area contributed by atoms with Crippen LogP contribution in [0.4, 0.5) is 0 Å². The standard InChI is InChI=1S/C24H29N5OS/c1-16-12-17(2)15-28(14-16)23(30)19(4)31-24-27-26-22(20-9-7-11-25-13-20)29(24)21-10-6-5-8-18(21)3/h5-11,13,16-17,19H,12,14-15H2,1-4H3/t16-,17-,19+/m0/s1. The molecule has 0 N–H and O–H groups in total. The fourth-order valence-corrected chi connectivity index (χ4v) is 5.31. The van der Waals surface area contributed by atoms with Crippen LogP contribution in [-0.2, 0) is 4.79 Å². The Morgan fingerprint density at radius 3 is 2.52 bits per heavy atom. The molecule has 1 aliphatic heterocycles. The van der Waals surface area contributed by atoms with E-state index in [4.69, 9.17) is 0 Å². The van der Waals surface area contributed by atoms with Gasteiger partial charge in [0, 0.05) is 31.0 Å². The summed E-state index contributed by atoms with van der Waals surface area (Å²) in [5, 5.41) is 9.44. The van der Waals surface area contributed by atoms with Crippen LogP contribution in [0.3, 0.4) is 0 Å². The number of likely N-dealkylation sites (tertiary alicyclic amines) is 1. The van der Waals surface area contributed by atoms with Gasteiger partial charge in [-0.3, -0.25) is 14.3 Å². The number of carbonyl (C=O) groups excluding carboxylic acids is 1. The average molecular weight is 436 g/mol. The third-order valence-electron chi connectivity index (χ3n) is 5.72. The van der Waals surface area contributed by atoms with Gasteiger partial charge in [-0.05, 0) is 55.9 Å². The lowest BCUT2D eigenvalue weighted by atomic mass is 9.92. The van der Waals surface area contributed by atoms with Crippen LogP contribution in [0.2, 0.25) is 0 Å². The summed E-state index contributed by atoms with van der Waals surface area (Å²) in [5.41, 5.74) is 3.02. The Bertz CT molecular complexity index is 1040. The van der Waals surface area contributed by atoms with E-state index in [-0.39, 0.29) is 11.2 Å². The predicted octanol–water partition coefficient (Wildman–Crippen LogP) is 4.62. The minimum atomic E-state index is -0.244. The number of para-hydroxylation sites is 1. The molecule has 0 spiro atoms. The van der Waals surface area contributed by atoms with Gasteiger partial charge in [-0.2, -0.15) is 0 Å². The molecule has 4 rings (SSSR count). The Kier molecular flexibility index (Phi) is 6.41. The number of aromatic nitrogens is 4. The van der Waals surface area contributed by atoms with E-state index in [2.05, 4.69) is 48.1 Å². The highest BCUT2D eigenvalue weighted by Crippen LogP contribution is 2.32. The summed E-state index contributed by atoms with van der Waals surface area (Å²) in [7, 11) is 0. The second-order valence-corrected chi connectivity index (χ2v) is 9.93. The van der Waals surface area contributed by atoms with Crippen molar-refractivity contribution < 1.29 is 4.79 Å². The number of thioether (sulfide) groups is 1. The van der Waals surface area contributed by atoms with Crippen molar-refractivity contribution >= 4 is 17.7 Å². The van der Waals surface area contributed by atoms with Crippen LogP contribution in [-0.4, -0.2) is 48.9 Å². The molecule has 1 aliphatic rings. The fraction of sp³-hybridized carbons (Fsp3) is 0.417. The van der Waals surface area contributed by atoms with Crippen molar-refractivity contribution in [3.05, 3.63) is 54.4 Å². The summed E-state index contributed by atoms with van der Waals surface area (Å²) in [4.78, 5) is 19.5. The highest BCUT2D eigenvalue weighted by Gasteiger charge is 2.30. The van der Waals surface area contributed by atoms with Crippen LogP contribution in [0.25, 0.3) is 17.1 Å². The zero-order valence-electron chi connectivity index (χ0n) is 18.5. The number of rotatable bonds is 5. The van der Waals surface area contributed by atoms with E-state index in [0.717, 1.165) is 35.7 Å².